The number of ether oxygens (including phenoxy) is 6. The van der Waals surface area contributed by atoms with E-state index in [0.29, 0.717) is 42.8 Å². The molecule has 2 aromatic carbocycles. The molecule has 68 heavy (non-hydrogen) atoms. The smallest absolute Gasteiger partial charge is 0.410 e. The minimum atomic E-state index is -3.24. The van der Waals surface area contributed by atoms with Crippen molar-refractivity contribution in [1.82, 2.24) is 24.8 Å². The molecule has 18 heteroatoms. The molecule has 0 saturated carbocycles. The minimum Gasteiger partial charge on any atom is -0.455 e. The van der Waals surface area contributed by atoms with Gasteiger partial charge in [-0.2, -0.15) is 0 Å². The van der Waals surface area contributed by atoms with Crippen molar-refractivity contribution in [2.24, 2.45) is 17.8 Å². The number of methoxy groups -OCH3 is 1. The summed E-state index contributed by atoms with van der Waals surface area (Å²) in [5.41, 5.74) is 1.93. The van der Waals surface area contributed by atoms with E-state index in [9.17, 15) is 24.0 Å². The van der Waals surface area contributed by atoms with Crippen LogP contribution in [-0.4, -0.2) is 142 Å². The Kier molecular flexibility index (Phi) is 16.2. The third-order valence-electron chi connectivity index (χ3n) is 14.2. The average molecular weight is 949 g/mol. The molecule has 3 aliphatic rings. The summed E-state index contributed by atoms with van der Waals surface area (Å²) in [7, 11) is 5.06. The predicted octanol–water partition coefficient (Wildman–Crippen LogP) is 6.47. The molecule has 4 heterocycles. The van der Waals surface area contributed by atoms with E-state index < -0.39 is 101 Å². The van der Waals surface area contributed by atoms with Crippen molar-refractivity contribution in [1.29, 1.82) is 0 Å². The van der Waals surface area contributed by atoms with Crippen LogP contribution in [0.1, 0.15) is 97.9 Å². The van der Waals surface area contributed by atoms with Crippen LogP contribution in [0.25, 0.3) is 11.3 Å². The van der Waals surface area contributed by atoms with Gasteiger partial charge in [0, 0.05) is 49.2 Å². The molecule has 2 N–H and O–H groups in total. The molecule has 13 atom stereocenters. The number of aryl methyl sites for hydroxylation is 1. The number of rotatable bonds is 13. The van der Waals surface area contributed by atoms with Gasteiger partial charge in [-0.25, -0.2) is 18.8 Å². The molecule has 0 radical (unpaired) electrons. The second kappa shape index (κ2) is 21.1. The first-order valence-electron chi connectivity index (χ1n) is 23.6. The van der Waals surface area contributed by atoms with Crippen molar-refractivity contribution in [3.8, 4) is 11.3 Å². The lowest BCUT2D eigenvalue weighted by atomic mass is 9.73. The molecule has 0 bridgehead atoms. The van der Waals surface area contributed by atoms with Gasteiger partial charge >= 0.3 is 18.0 Å². The van der Waals surface area contributed by atoms with Crippen LogP contribution in [0.4, 0.5) is 14.9 Å². The summed E-state index contributed by atoms with van der Waals surface area (Å²) in [6.07, 6.45) is -2.87. The Bertz CT molecular complexity index is 2280. The fraction of sp³-hybridized carbons (Fsp3) is 0.620. The number of amides is 1. The van der Waals surface area contributed by atoms with Crippen LogP contribution in [-0.2, 0) is 49.3 Å². The number of carbonyl (C=O) groups is 5. The number of hydrogen-bond donors (Lipinski definition) is 1. The van der Waals surface area contributed by atoms with Crippen LogP contribution in [0.5, 0.6) is 0 Å². The first-order valence-corrected chi connectivity index (χ1v) is 23.6. The molecule has 1 amide bonds. The standard InChI is InChI=1S/C50H69FN6O11/c1-12-38-50(8)41(57(47(62)68-50)24-17-16-23-56-28-36(53-54-56)34-21-18-22-35(52)26-34)31(4)39(58)29(2)27-48(6,63-11)43(32(5)42(59)49(7,51)46(61)65-38)67-45-40(37(55(9)10)25-30(3)64-45)66-44(60)33-19-14-13-15-20-33/h13-15,18-22,26,28-32,37-38,40-41,43,45H,12,16-17,23-25,27,52H2,1-11H3/t29-,30-,31+,32-,37+,38?,40-,41-,43-,45+,48-,49+,50-/m1/s1. The maximum atomic E-state index is 17.2. The Morgan fingerprint density at radius 1 is 0.971 bits per heavy atom. The minimum absolute atomic E-state index is 0.0542. The third-order valence-corrected chi connectivity index (χ3v) is 14.2. The number of halogens is 1. The number of aromatic nitrogens is 3. The number of esters is 2. The number of alkyl halides is 1. The molecule has 6 rings (SSSR count). The van der Waals surface area contributed by atoms with E-state index in [1.165, 1.54) is 18.9 Å². The number of cyclic esters (lactones) is 1. The highest BCUT2D eigenvalue weighted by Gasteiger charge is 2.62. The lowest BCUT2D eigenvalue weighted by Gasteiger charge is -2.48. The number of Topliss-reactive ketones (excluding diaryl/α,β-unsaturated/α-hetero) is 2. The summed E-state index contributed by atoms with van der Waals surface area (Å²) in [6.45, 7) is 13.1. The lowest BCUT2D eigenvalue weighted by Crippen LogP contribution is -2.62. The zero-order chi connectivity index (χ0) is 49.9. The maximum absolute atomic E-state index is 17.2. The quantitative estimate of drug-likeness (QED) is 0.0642. The normalized spacial score (nSPS) is 34.0. The van der Waals surface area contributed by atoms with Crippen LogP contribution in [0.15, 0.2) is 60.8 Å². The number of nitrogens with zero attached hydrogens (tertiary/aromatic N) is 5. The highest BCUT2D eigenvalue weighted by Crippen LogP contribution is 2.44. The van der Waals surface area contributed by atoms with Crippen molar-refractivity contribution < 1.29 is 56.8 Å². The second-order valence-electron chi connectivity index (χ2n) is 19.5. The number of nitrogen functional groups attached to an aromatic ring is 1. The van der Waals surface area contributed by atoms with E-state index in [1.54, 1.807) is 75.7 Å². The van der Waals surface area contributed by atoms with E-state index >= 15 is 4.39 Å². The molecule has 0 aliphatic carbocycles. The van der Waals surface area contributed by atoms with Gasteiger partial charge < -0.3 is 44.0 Å². The average Bonchev–Trinajstić information content (AvgIpc) is 3.89. The highest BCUT2D eigenvalue weighted by molar-refractivity contribution is 6.08. The van der Waals surface area contributed by atoms with Crippen molar-refractivity contribution >= 4 is 35.3 Å². The van der Waals surface area contributed by atoms with Gasteiger partial charge in [0.05, 0.1) is 41.7 Å². The number of ketones is 2. The van der Waals surface area contributed by atoms with Crippen LogP contribution >= 0.6 is 0 Å². The molecule has 1 aromatic heterocycles. The number of fused-ring (bicyclic) bond motifs is 1. The van der Waals surface area contributed by atoms with E-state index in [4.69, 9.17) is 34.2 Å². The second-order valence-corrected chi connectivity index (χ2v) is 19.5. The number of unbranched alkanes of at least 4 members (excludes halogenated alkanes) is 1. The van der Waals surface area contributed by atoms with Crippen LogP contribution < -0.4 is 5.73 Å². The fourth-order valence-electron chi connectivity index (χ4n) is 10.4. The summed E-state index contributed by atoms with van der Waals surface area (Å²) >= 11 is 0. The molecule has 3 saturated heterocycles. The summed E-state index contributed by atoms with van der Waals surface area (Å²) in [4.78, 5) is 74.7. The SMILES string of the molecule is CCC1OC(=O)[C@@](C)(F)C(=O)[C@@H](C)[C@@H](O[C@@H]2O[C@H](C)C[C@H](N(C)C)[C@H]2OC(=O)c2ccccc2)[C@](C)(OC)C[C@@H](C)C(=O)[C@H](C)[C@H]2N(CCCCn3cc(-c4cccc(N)c4)nn3)C(=O)O[C@]12C. The predicted molar refractivity (Wildman–Crippen MR) is 249 cm³/mol. The molecular weight excluding hydrogens is 880 g/mol. The number of hydrogen-bond acceptors (Lipinski definition) is 15. The largest absolute Gasteiger partial charge is 0.455 e. The molecule has 3 aliphatic heterocycles. The first kappa shape index (κ1) is 52.1. The summed E-state index contributed by atoms with van der Waals surface area (Å²) in [6, 6.07) is 14.4. The van der Waals surface area contributed by atoms with Crippen LogP contribution in [0.3, 0.4) is 0 Å². The van der Waals surface area contributed by atoms with E-state index in [2.05, 4.69) is 10.3 Å². The molecule has 3 aromatic rings. The highest BCUT2D eigenvalue weighted by atomic mass is 19.1. The number of carbonyl (C=O) groups excluding carboxylic acids is 5. The first-order chi connectivity index (χ1) is 32.1. The number of nitrogens with two attached hydrogens (primary N) is 1. The Hall–Kier alpha value is -5.30. The Morgan fingerprint density at radius 3 is 2.31 bits per heavy atom. The van der Waals surface area contributed by atoms with Gasteiger partial charge in [0.2, 0.25) is 0 Å². The van der Waals surface area contributed by atoms with Gasteiger partial charge in [-0.05, 0) is 98.2 Å². The summed E-state index contributed by atoms with van der Waals surface area (Å²) in [5, 5.41) is 8.54. The Labute approximate surface area is 398 Å². The molecule has 3 fully saturated rings. The molecule has 1 unspecified atom stereocenters. The van der Waals surface area contributed by atoms with E-state index in [0.717, 1.165) is 12.5 Å². The van der Waals surface area contributed by atoms with Gasteiger partial charge in [-0.3, -0.25) is 14.3 Å². The number of benzene rings is 2. The monoisotopic (exact) mass is 949 g/mol. The summed E-state index contributed by atoms with van der Waals surface area (Å²) < 4.78 is 56.5. The van der Waals surface area contributed by atoms with E-state index in [-0.39, 0.29) is 25.2 Å². The van der Waals surface area contributed by atoms with Crippen molar-refractivity contribution in [3.05, 3.63) is 66.4 Å². The molecular formula is C50H69FN6O11. The molecule has 372 valence electrons. The summed E-state index contributed by atoms with van der Waals surface area (Å²) in [5.74, 6) is -6.71. The van der Waals surface area contributed by atoms with Crippen LogP contribution in [0, 0.1) is 17.8 Å². The van der Waals surface area contributed by atoms with Crippen molar-refractivity contribution in [2.75, 3.05) is 33.5 Å². The zero-order valence-electron chi connectivity index (χ0n) is 41.2. The van der Waals surface area contributed by atoms with Gasteiger partial charge in [0.15, 0.2) is 23.8 Å². The number of likely N-dealkylation sites (N-methyl/N-ethyl adjacent to an activating group) is 1. The topological polar surface area (TPSA) is 204 Å². The Morgan fingerprint density at radius 2 is 1.66 bits per heavy atom. The van der Waals surface area contributed by atoms with Gasteiger partial charge in [-0.1, -0.05) is 63.2 Å². The zero-order valence-corrected chi connectivity index (χ0v) is 41.2. The van der Waals surface area contributed by atoms with Gasteiger partial charge in [0.1, 0.15) is 17.6 Å². The maximum Gasteiger partial charge on any atom is 0.410 e. The molecule has 17 nitrogen and oxygen atoms in total. The van der Waals surface area contributed by atoms with Crippen molar-refractivity contribution in [2.45, 2.75) is 154 Å². The van der Waals surface area contributed by atoms with Crippen molar-refractivity contribution in [3.63, 3.8) is 0 Å². The third kappa shape index (κ3) is 10.8. The number of anilines is 1. The molecule has 0 spiro atoms. The fourth-order valence-corrected chi connectivity index (χ4v) is 10.4. The van der Waals surface area contributed by atoms with Gasteiger partial charge in [-0.15, -0.1) is 5.10 Å². The Balaban J connectivity index is 1.31. The van der Waals surface area contributed by atoms with Gasteiger partial charge in [0.25, 0.3) is 5.67 Å². The van der Waals surface area contributed by atoms with E-state index in [1.807, 2.05) is 50.3 Å². The lowest BCUT2D eigenvalue weighted by molar-refractivity contribution is -0.295. The van der Waals surface area contributed by atoms with Crippen LogP contribution in [0.2, 0.25) is 0 Å².